The van der Waals surface area contributed by atoms with Crippen LogP contribution < -0.4 is 10.5 Å². The standard InChI is InChI=1S/C27H29FN6O3S/c1-18-5-10-23(17-19(18)2)38(35,36)31-14-4-13-30-20(3)32-24(11-12-29)26-25(21-6-8-22(28)9-7-21)33-27-34(26)15-16-37-27/h5-12,15-17,31H,4,13-14,29H2,1-3H3. The zero-order valence-electron chi connectivity index (χ0n) is 21.3. The molecule has 0 spiro atoms. The number of rotatable bonds is 9. The van der Waals surface area contributed by atoms with Crippen LogP contribution >= 0.6 is 0 Å². The smallest absolute Gasteiger partial charge is 0.306 e. The van der Waals surface area contributed by atoms with Gasteiger partial charge in [-0.05, 0) is 87.0 Å². The maximum absolute atomic E-state index is 13.5. The Labute approximate surface area is 220 Å². The number of aromatic nitrogens is 2. The summed E-state index contributed by atoms with van der Waals surface area (Å²) in [5, 5.41) is 0. The summed E-state index contributed by atoms with van der Waals surface area (Å²) < 4.78 is 48.5. The predicted octanol–water partition coefficient (Wildman–Crippen LogP) is 4.40. The van der Waals surface area contributed by atoms with Crippen molar-refractivity contribution in [1.82, 2.24) is 14.1 Å². The van der Waals surface area contributed by atoms with E-state index in [2.05, 4.69) is 19.7 Å². The monoisotopic (exact) mass is 536 g/mol. The highest BCUT2D eigenvalue weighted by molar-refractivity contribution is 7.89. The molecule has 2 aromatic heterocycles. The minimum atomic E-state index is -3.60. The normalized spacial score (nSPS) is 13.2. The summed E-state index contributed by atoms with van der Waals surface area (Å²) >= 11 is 0. The third kappa shape index (κ3) is 6.06. The third-order valence-electron chi connectivity index (χ3n) is 5.92. The van der Waals surface area contributed by atoms with E-state index in [1.807, 2.05) is 13.8 Å². The van der Waals surface area contributed by atoms with E-state index in [9.17, 15) is 12.8 Å². The van der Waals surface area contributed by atoms with Gasteiger partial charge in [-0.2, -0.15) is 4.98 Å². The van der Waals surface area contributed by atoms with Crippen molar-refractivity contribution in [2.45, 2.75) is 32.1 Å². The highest BCUT2D eigenvalue weighted by Gasteiger charge is 2.20. The SMILES string of the molecule is CC(=NCCCNS(=O)(=O)c1ccc(C)c(C)c1)N=C(C=CN)c1c(-c2ccc(F)cc2)nc2occn12. The second-order valence-corrected chi connectivity index (χ2v) is 10.4. The van der Waals surface area contributed by atoms with Gasteiger partial charge in [0, 0.05) is 24.8 Å². The molecule has 0 fully saturated rings. The number of sulfonamides is 1. The number of hydrogen-bond acceptors (Lipinski definition) is 6. The number of nitrogens with two attached hydrogens (primary N) is 1. The molecule has 4 rings (SSSR count). The predicted molar refractivity (Wildman–Crippen MR) is 146 cm³/mol. The van der Waals surface area contributed by atoms with Gasteiger partial charge >= 0.3 is 5.84 Å². The Bertz CT molecular complexity index is 1630. The van der Waals surface area contributed by atoms with Crippen molar-refractivity contribution in [3.63, 3.8) is 0 Å². The van der Waals surface area contributed by atoms with Crippen LogP contribution in [-0.4, -0.2) is 42.4 Å². The van der Waals surface area contributed by atoms with Gasteiger partial charge in [-0.1, -0.05) is 6.07 Å². The molecule has 2 aromatic carbocycles. The quantitative estimate of drug-likeness (QED) is 0.186. The number of benzene rings is 2. The van der Waals surface area contributed by atoms with Crippen molar-refractivity contribution in [3.8, 4) is 11.3 Å². The maximum atomic E-state index is 13.5. The molecule has 0 aliphatic heterocycles. The molecule has 11 heteroatoms. The summed E-state index contributed by atoms with van der Waals surface area (Å²) in [4.78, 5) is 13.9. The van der Waals surface area contributed by atoms with Crippen LogP contribution in [0.15, 0.2) is 86.5 Å². The van der Waals surface area contributed by atoms with Gasteiger partial charge in [0.1, 0.15) is 29.3 Å². The number of allylic oxidation sites excluding steroid dienone is 1. The second-order valence-electron chi connectivity index (χ2n) is 8.65. The average Bonchev–Trinajstić information content (AvgIpc) is 3.47. The number of imidazole rings is 1. The number of nitrogens with one attached hydrogen (secondary N) is 1. The molecule has 0 aliphatic rings. The molecule has 0 radical (unpaired) electrons. The molecule has 9 nitrogen and oxygen atoms in total. The van der Waals surface area contributed by atoms with Gasteiger partial charge in [0.25, 0.3) is 0 Å². The fraction of sp³-hybridized carbons (Fsp3) is 0.222. The molecule has 0 atom stereocenters. The highest BCUT2D eigenvalue weighted by atomic mass is 32.2. The summed E-state index contributed by atoms with van der Waals surface area (Å²) in [6.45, 7) is 6.16. The zero-order chi connectivity index (χ0) is 27.3. The lowest BCUT2D eigenvalue weighted by molar-refractivity contribution is 0.579. The van der Waals surface area contributed by atoms with Crippen LogP contribution in [0.5, 0.6) is 0 Å². The van der Waals surface area contributed by atoms with Gasteiger partial charge in [0.05, 0.1) is 10.6 Å². The largest absolute Gasteiger partial charge is 0.432 e. The van der Waals surface area contributed by atoms with E-state index in [0.29, 0.717) is 47.3 Å². The number of halogens is 1. The molecule has 38 heavy (non-hydrogen) atoms. The highest BCUT2D eigenvalue weighted by Crippen LogP contribution is 2.26. The van der Waals surface area contributed by atoms with Crippen LogP contribution in [0.2, 0.25) is 0 Å². The van der Waals surface area contributed by atoms with Crippen molar-refractivity contribution in [3.05, 3.63) is 89.8 Å². The van der Waals surface area contributed by atoms with Gasteiger partial charge in [-0.3, -0.25) is 9.39 Å². The van der Waals surface area contributed by atoms with Gasteiger partial charge in [-0.25, -0.2) is 22.5 Å². The van der Waals surface area contributed by atoms with E-state index >= 15 is 0 Å². The minimum absolute atomic E-state index is 0.234. The minimum Gasteiger partial charge on any atom is -0.432 e. The van der Waals surface area contributed by atoms with E-state index < -0.39 is 10.0 Å². The summed E-state index contributed by atoms with van der Waals surface area (Å²) in [6.07, 6.45) is 6.68. The average molecular weight is 537 g/mol. The van der Waals surface area contributed by atoms with Crippen molar-refractivity contribution < 1.29 is 17.2 Å². The Morgan fingerprint density at radius 2 is 1.95 bits per heavy atom. The van der Waals surface area contributed by atoms with E-state index in [1.165, 1.54) is 24.6 Å². The van der Waals surface area contributed by atoms with Gasteiger partial charge in [0.2, 0.25) is 10.0 Å². The van der Waals surface area contributed by atoms with Crippen molar-refractivity contribution in [1.29, 1.82) is 0 Å². The van der Waals surface area contributed by atoms with Crippen LogP contribution in [-0.2, 0) is 10.0 Å². The Kier molecular flexibility index (Phi) is 8.18. The van der Waals surface area contributed by atoms with Crippen molar-refractivity contribution in [2.75, 3.05) is 13.1 Å². The molecule has 0 aliphatic carbocycles. The number of fused-ring (bicyclic) bond motifs is 1. The van der Waals surface area contributed by atoms with Crippen LogP contribution in [0.3, 0.4) is 0 Å². The van der Waals surface area contributed by atoms with Gasteiger partial charge < -0.3 is 10.2 Å². The molecular formula is C27H29FN6O3S. The fourth-order valence-corrected chi connectivity index (χ4v) is 4.96. The first-order valence-electron chi connectivity index (χ1n) is 12.0. The Morgan fingerprint density at radius 1 is 1.18 bits per heavy atom. The maximum Gasteiger partial charge on any atom is 0.306 e. The van der Waals surface area contributed by atoms with Crippen LogP contribution in [0.4, 0.5) is 4.39 Å². The third-order valence-corrected chi connectivity index (χ3v) is 7.37. The first-order chi connectivity index (χ1) is 18.2. The fourth-order valence-electron chi connectivity index (χ4n) is 3.80. The van der Waals surface area contributed by atoms with Crippen LogP contribution in [0, 0.1) is 19.7 Å². The Morgan fingerprint density at radius 3 is 2.66 bits per heavy atom. The van der Waals surface area contributed by atoms with Crippen molar-refractivity contribution >= 4 is 27.4 Å². The molecule has 0 unspecified atom stereocenters. The molecular weight excluding hydrogens is 507 g/mol. The lowest BCUT2D eigenvalue weighted by Gasteiger charge is -2.08. The Hall–Kier alpha value is -4.09. The molecule has 0 saturated heterocycles. The van der Waals surface area contributed by atoms with E-state index in [1.54, 1.807) is 53.9 Å². The molecule has 0 amide bonds. The number of nitrogens with zero attached hydrogens (tertiary/aromatic N) is 4. The van der Waals surface area contributed by atoms with E-state index in [4.69, 9.17) is 10.2 Å². The summed E-state index contributed by atoms with van der Waals surface area (Å²) in [6, 6.07) is 11.0. The summed E-state index contributed by atoms with van der Waals surface area (Å²) in [5.74, 6) is 0.467. The molecule has 2 heterocycles. The lowest BCUT2D eigenvalue weighted by Crippen LogP contribution is -2.25. The number of aryl methyl sites for hydroxylation is 2. The molecule has 4 aromatic rings. The zero-order valence-corrected chi connectivity index (χ0v) is 22.2. The number of hydrogen-bond donors (Lipinski definition) is 2. The second kappa shape index (κ2) is 11.5. The first-order valence-corrected chi connectivity index (χ1v) is 13.4. The molecule has 0 saturated carbocycles. The Balaban J connectivity index is 1.50. The van der Waals surface area contributed by atoms with E-state index in [-0.39, 0.29) is 17.3 Å². The van der Waals surface area contributed by atoms with Crippen molar-refractivity contribution in [2.24, 2.45) is 15.7 Å². The van der Waals surface area contributed by atoms with Crippen LogP contribution in [0.1, 0.15) is 30.2 Å². The van der Waals surface area contributed by atoms with E-state index in [0.717, 1.165) is 11.1 Å². The summed E-state index contributed by atoms with van der Waals surface area (Å²) in [5.41, 5.74) is 10.00. The summed E-state index contributed by atoms with van der Waals surface area (Å²) in [7, 11) is -3.60. The van der Waals surface area contributed by atoms with Gasteiger partial charge in [0.15, 0.2) is 0 Å². The number of aliphatic imine (C=N–C) groups is 2. The number of amidine groups is 1. The molecule has 0 bridgehead atoms. The van der Waals surface area contributed by atoms with Crippen LogP contribution in [0.25, 0.3) is 17.1 Å². The topological polar surface area (TPSA) is 127 Å². The first kappa shape index (κ1) is 27.0. The molecule has 3 N–H and O–H groups in total. The lowest BCUT2D eigenvalue weighted by atomic mass is 10.1. The number of oxazole rings is 1. The molecule has 198 valence electrons. The van der Waals surface area contributed by atoms with Gasteiger partial charge in [-0.15, -0.1) is 0 Å².